The Morgan fingerprint density at radius 2 is 2.00 bits per heavy atom. The van der Waals surface area contributed by atoms with Gasteiger partial charge in [0.05, 0.1) is 12.1 Å². The zero-order chi connectivity index (χ0) is 14.7. The van der Waals surface area contributed by atoms with E-state index in [0.29, 0.717) is 11.5 Å². The Morgan fingerprint density at radius 1 is 1.29 bits per heavy atom. The minimum Gasteiger partial charge on any atom is -0.389 e. The van der Waals surface area contributed by atoms with E-state index in [1.165, 1.54) is 12.4 Å². The van der Waals surface area contributed by atoms with Gasteiger partial charge in [-0.25, -0.2) is 15.0 Å². The highest BCUT2D eigenvalue weighted by molar-refractivity contribution is 5.93. The van der Waals surface area contributed by atoms with Gasteiger partial charge in [-0.05, 0) is 12.1 Å². The Bertz CT molecular complexity index is 618. The Morgan fingerprint density at radius 3 is 2.62 bits per heavy atom. The Hall–Kier alpha value is -2.51. The third-order valence-electron chi connectivity index (χ3n) is 2.95. The molecular weight excluding hydrogens is 272 g/mol. The Labute approximate surface area is 121 Å². The van der Waals surface area contributed by atoms with Crippen LogP contribution in [0.5, 0.6) is 0 Å². The maximum atomic E-state index is 12.1. The first-order valence-electron chi connectivity index (χ1n) is 6.49. The lowest BCUT2D eigenvalue weighted by atomic mass is 10.3. The molecular formula is C14H14N4O3. The molecule has 108 valence electrons. The molecule has 3 rings (SSSR count). The number of amides is 1. The standard InChI is InChI=1S/C14H14N4O3/c19-12-8-18(21-9-12)13(20)10-6-15-14(16-7-10)17-11-4-2-1-3-5-11/h1-7,12,19H,8-9H2,(H,15,16,17)/t12-/m1/s1. The van der Waals surface area contributed by atoms with E-state index in [-0.39, 0.29) is 19.1 Å². The molecule has 2 aromatic rings. The van der Waals surface area contributed by atoms with Gasteiger partial charge in [-0.2, -0.15) is 0 Å². The molecule has 0 spiro atoms. The van der Waals surface area contributed by atoms with E-state index in [9.17, 15) is 9.90 Å². The van der Waals surface area contributed by atoms with E-state index in [1.54, 1.807) is 0 Å². The molecule has 1 aromatic carbocycles. The summed E-state index contributed by atoms with van der Waals surface area (Å²) in [5, 5.41) is 13.5. The van der Waals surface area contributed by atoms with Crippen LogP contribution in [-0.2, 0) is 4.84 Å². The molecule has 1 aliphatic rings. The number of β-amino-alcohol motifs (C(OH)–C–C–N with tert-alkyl or cyclic N) is 1. The number of benzene rings is 1. The minimum atomic E-state index is -0.645. The minimum absolute atomic E-state index is 0.125. The van der Waals surface area contributed by atoms with Crippen molar-refractivity contribution in [3.05, 3.63) is 48.3 Å². The molecule has 2 N–H and O–H groups in total. The summed E-state index contributed by atoms with van der Waals surface area (Å²) in [5.74, 6) is 0.0398. The highest BCUT2D eigenvalue weighted by Gasteiger charge is 2.27. The average molecular weight is 286 g/mol. The third kappa shape index (κ3) is 3.15. The number of hydrogen-bond acceptors (Lipinski definition) is 6. The van der Waals surface area contributed by atoms with E-state index in [2.05, 4.69) is 15.3 Å². The van der Waals surface area contributed by atoms with Crippen molar-refractivity contribution in [2.45, 2.75) is 6.10 Å². The first-order valence-corrected chi connectivity index (χ1v) is 6.49. The van der Waals surface area contributed by atoms with Crippen LogP contribution in [0.2, 0.25) is 0 Å². The van der Waals surface area contributed by atoms with Crippen molar-refractivity contribution < 1.29 is 14.7 Å². The number of aromatic nitrogens is 2. The number of hydrogen-bond donors (Lipinski definition) is 2. The lowest BCUT2D eigenvalue weighted by Gasteiger charge is -2.13. The number of nitrogens with one attached hydrogen (secondary N) is 1. The fourth-order valence-electron chi connectivity index (χ4n) is 1.91. The topological polar surface area (TPSA) is 87.6 Å². The van der Waals surface area contributed by atoms with Crippen LogP contribution in [-0.4, -0.2) is 45.3 Å². The lowest BCUT2D eigenvalue weighted by molar-refractivity contribution is -0.0780. The van der Waals surface area contributed by atoms with Crippen molar-refractivity contribution >= 4 is 17.5 Å². The summed E-state index contributed by atoms with van der Waals surface area (Å²) in [6.45, 7) is 0.281. The summed E-state index contributed by atoms with van der Waals surface area (Å²) in [4.78, 5) is 25.3. The van der Waals surface area contributed by atoms with Crippen LogP contribution in [0.4, 0.5) is 11.6 Å². The molecule has 1 aliphatic heterocycles. The molecule has 1 aromatic heterocycles. The van der Waals surface area contributed by atoms with Gasteiger partial charge in [0, 0.05) is 18.1 Å². The predicted molar refractivity (Wildman–Crippen MR) is 74.8 cm³/mol. The summed E-state index contributed by atoms with van der Waals surface area (Å²) in [7, 11) is 0. The van der Waals surface area contributed by atoms with Gasteiger partial charge >= 0.3 is 0 Å². The quantitative estimate of drug-likeness (QED) is 0.874. The first-order chi connectivity index (χ1) is 10.2. The van der Waals surface area contributed by atoms with E-state index < -0.39 is 6.10 Å². The number of hydroxylamine groups is 2. The maximum Gasteiger partial charge on any atom is 0.280 e. The predicted octanol–water partition coefficient (Wildman–Crippen LogP) is 0.968. The van der Waals surface area contributed by atoms with E-state index in [4.69, 9.17) is 4.84 Å². The number of carbonyl (C=O) groups is 1. The third-order valence-corrected chi connectivity index (χ3v) is 2.95. The first kappa shape index (κ1) is 13.5. The summed E-state index contributed by atoms with van der Waals surface area (Å²) in [5.41, 5.74) is 1.17. The maximum absolute atomic E-state index is 12.1. The smallest absolute Gasteiger partial charge is 0.280 e. The van der Waals surface area contributed by atoms with Gasteiger partial charge in [-0.3, -0.25) is 9.63 Å². The van der Waals surface area contributed by atoms with E-state index in [1.807, 2.05) is 30.3 Å². The molecule has 21 heavy (non-hydrogen) atoms. The van der Waals surface area contributed by atoms with Crippen LogP contribution in [0, 0.1) is 0 Å². The van der Waals surface area contributed by atoms with Gasteiger partial charge in [0.1, 0.15) is 12.7 Å². The molecule has 1 amide bonds. The van der Waals surface area contributed by atoms with Crippen molar-refractivity contribution in [3.63, 3.8) is 0 Å². The van der Waals surface area contributed by atoms with Gasteiger partial charge in [0.2, 0.25) is 5.95 Å². The molecule has 2 heterocycles. The molecule has 1 saturated heterocycles. The normalized spacial score (nSPS) is 17.8. The molecule has 1 fully saturated rings. The molecule has 0 saturated carbocycles. The number of carbonyl (C=O) groups excluding carboxylic acids is 1. The van der Waals surface area contributed by atoms with E-state index >= 15 is 0 Å². The molecule has 1 atom stereocenters. The van der Waals surface area contributed by atoms with Crippen LogP contribution in [0.3, 0.4) is 0 Å². The SMILES string of the molecule is O=C(c1cnc(Nc2ccccc2)nc1)N1C[C@@H](O)CO1. The summed E-state index contributed by atoms with van der Waals surface area (Å²) < 4.78 is 0. The Balaban J connectivity index is 1.68. The second-order valence-corrected chi connectivity index (χ2v) is 4.60. The number of aliphatic hydroxyl groups is 1. The van der Waals surface area contributed by atoms with Crippen LogP contribution < -0.4 is 5.32 Å². The molecule has 0 aliphatic carbocycles. The van der Waals surface area contributed by atoms with Crippen LogP contribution in [0.25, 0.3) is 0 Å². The van der Waals surface area contributed by atoms with E-state index in [0.717, 1.165) is 10.8 Å². The van der Waals surface area contributed by atoms with Gasteiger partial charge in [-0.1, -0.05) is 18.2 Å². The van der Waals surface area contributed by atoms with Crippen LogP contribution in [0.1, 0.15) is 10.4 Å². The number of anilines is 2. The number of rotatable bonds is 3. The lowest BCUT2D eigenvalue weighted by Crippen LogP contribution is -2.28. The van der Waals surface area contributed by atoms with Crippen molar-refractivity contribution in [1.82, 2.24) is 15.0 Å². The Kier molecular flexibility index (Phi) is 3.76. The molecule has 0 radical (unpaired) electrons. The molecule has 7 heteroatoms. The van der Waals surface area contributed by atoms with Crippen molar-refractivity contribution in [2.24, 2.45) is 0 Å². The van der Waals surface area contributed by atoms with Crippen molar-refractivity contribution in [2.75, 3.05) is 18.5 Å². The second-order valence-electron chi connectivity index (χ2n) is 4.60. The average Bonchev–Trinajstić information content (AvgIpc) is 2.95. The zero-order valence-electron chi connectivity index (χ0n) is 11.1. The number of nitrogens with zero attached hydrogens (tertiary/aromatic N) is 3. The van der Waals surface area contributed by atoms with Gasteiger partial charge in [0.15, 0.2) is 0 Å². The molecule has 0 bridgehead atoms. The monoisotopic (exact) mass is 286 g/mol. The summed E-state index contributed by atoms with van der Waals surface area (Å²) in [6.07, 6.45) is 2.21. The van der Waals surface area contributed by atoms with Gasteiger partial charge < -0.3 is 10.4 Å². The van der Waals surface area contributed by atoms with Gasteiger partial charge in [0.25, 0.3) is 5.91 Å². The van der Waals surface area contributed by atoms with Crippen molar-refractivity contribution in [3.8, 4) is 0 Å². The van der Waals surface area contributed by atoms with Crippen LogP contribution >= 0.6 is 0 Å². The largest absolute Gasteiger partial charge is 0.389 e. The highest BCUT2D eigenvalue weighted by atomic mass is 16.7. The number of para-hydroxylation sites is 1. The van der Waals surface area contributed by atoms with Crippen LogP contribution in [0.15, 0.2) is 42.7 Å². The summed E-state index contributed by atoms with van der Waals surface area (Å²) >= 11 is 0. The zero-order valence-corrected chi connectivity index (χ0v) is 11.1. The fourth-order valence-corrected chi connectivity index (χ4v) is 1.91. The van der Waals surface area contributed by atoms with Crippen molar-refractivity contribution in [1.29, 1.82) is 0 Å². The molecule has 7 nitrogen and oxygen atoms in total. The number of aliphatic hydroxyl groups excluding tert-OH is 1. The molecule has 0 unspecified atom stereocenters. The summed E-state index contributed by atoms with van der Waals surface area (Å²) in [6, 6.07) is 9.49. The second kappa shape index (κ2) is 5.86. The van der Waals surface area contributed by atoms with Gasteiger partial charge in [-0.15, -0.1) is 0 Å². The fraction of sp³-hybridized carbons (Fsp3) is 0.214. The highest BCUT2D eigenvalue weighted by Crippen LogP contribution is 2.14.